The third kappa shape index (κ3) is 4.39. The number of aryl methyl sites for hydroxylation is 1. The van der Waals surface area contributed by atoms with Crippen LogP contribution in [0.2, 0.25) is 5.02 Å². The first kappa shape index (κ1) is 15.7. The van der Waals surface area contributed by atoms with Crippen LogP contribution in [-0.4, -0.2) is 16.2 Å². The largest absolute Gasteiger partial charge is 0.491 e. The summed E-state index contributed by atoms with van der Waals surface area (Å²) in [4.78, 5) is 4.21. The summed E-state index contributed by atoms with van der Waals surface area (Å²) in [6.45, 7) is 6.62. The summed E-state index contributed by atoms with van der Waals surface area (Å²) in [5.74, 6) is 0.836. The van der Waals surface area contributed by atoms with E-state index in [1.165, 1.54) is 0 Å². The van der Waals surface area contributed by atoms with Gasteiger partial charge in [-0.25, -0.2) is 4.98 Å². The zero-order valence-corrected chi connectivity index (χ0v) is 13.4. The second-order valence-electron chi connectivity index (χ2n) is 4.92. The van der Waals surface area contributed by atoms with Gasteiger partial charge >= 0.3 is 0 Å². The summed E-state index contributed by atoms with van der Waals surface area (Å²) in [7, 11) is 0. The van der Waals surface area contributed by atoms with Crippen molar-refractivity contribution in [3.8, 4) is 5.75 Å². The molecule has 1 heterocycles. The molecular formula is C16H22ClN3O. The van der Waals surface area contributed by atoms with Crippen molar-refractivity contribution in [2.75, 3.05) is 11.9 Å². The van der Waals surface area contributed by atoms with Crippen molar-refractivity contribution in [3.63, 3.8) is 0 Å². The van der Waals surface area contributed by atoms with Gasteiger partial charge in [0.05, 0.1) is 30.9 Å². The molecule has 0 saturated carbocycles. The maximum Gasteiger partial charge on any atom is 0.142 e. The number of nitrogens with zero attached hydrogens (tertiary/aromatic N) is 2. The molecule has 1 N–H and O–H groups in total. The van der Waals surface area contributed by atoms with E-state index in [2.05, 4.69) is 28.7 Å². The van der Waals surface area contributed by atoms with Crippen molar-refractivity contribution in [2.24, 2.45) is 0 Å². The van der Waals surface area contributed by atoms with Crippen molar-refractivity contribution in [3.05, 3.63) is 41.4 Å². The molecule has 0 amide bonds. The van der Waals surface area contributed by atoms with E-state index in [0.717, 1.165) is 36.5 Å². The van der Waals surface area contributed by atoms with Gasteiger partial charge in [0, 0.05) is 17.8 Å². The Morgan fingerprint density at radius 2 is 2.14 bits per heavy atom. The number of hydrogen-bond donors (Lipinski definition) is 1. The normalized spacial score (nSPS) is 10.6. The van der Waals surface area contributed by atoms with Crippen molar-refractivity contribution in [1.82, 2.24) is 9.55 Å². The average molecular weight is 308 g/mol. The van der Waals surface area contributed by atoms with Crippen LogP contribution in [0.25, 0.3) is 0 Å². The first-order valence-corrected chi connectivity index (χ1v) is 7.77. The van der Waals surface area contributed by atoms with Gasteiger partial charge in [-0.1, -0.05) is 25.4 Å². The summed E-state index contributed by atoms with van der Waals surface area (Å²) < 4.78 is 7.90. The van der Waals surface area contributed by atoms with Crippen molar-refractivity contribution in [2.45, 2.75) is 39.8 Å². The second-order valence-corrected chi connectivity index (χ2v) is 5.36. The monoisotopic (exact) mass is 307 g/mol. The minimum Gasteiger partial charge on any atom is -0.491 e. The van der Waals surface area contributed by atoms with Gasteiger partial charge in [0.1, 0.15) is 5.75 Å². The third-order valence-electron chi connectivity index (χ3n) is 3.13. The fourth-order valence-electron chi connectivity index (χ4n) is 2.10. The van der Waals surface area contributed by atoms with Gasteiger partial charge in [-0.3, -0.25) is 0 Å². The Morgan fingerprint density at radius 3 is 2.90 bits per heavy atom. The Balaban J connectivity index is 2.07. The molecule has 21 heavy (non-hydrogen) atoms. The minimum atomic E-state index is 0.697. The van der Waals surface area contributed by atoms with Crippen molar-refractivity contribution >= 4 is 17.3 Å². The standard InChI is InChI=1S/C16H22ClN3O/c1-3-7-20-12-18-10-14(20)11-19-15-9-13(17)5-6-16(15)21-8-4-2/h5-6,9-10,12,19H,3-4,7-8,11H2,1-2H3. The number of hydrogen-bond acceptors (Lipinski definition) is 3. The summed E-state index contributed by atoms with van der Waals surface area (Å²) >= 11 is 6.08. The SMILES string of the molecule is CCCOc1ccc(Cl)cc1NCc1cncn1CCC. The molecule has 1 aromatic carbocycles. The van der Waals surface area contributed by atoms with Crippen LogP contribution in [0.3, 0.4) is 0 Å². The van der Waals surface area contributed by atoms with Crippen LogP contribution in [0.1, 0.15) is 32.4 Å². The zero-order chi connectivity index (χ0) is 15.1. The van der Waals surface area contributed by atoms with Gasteiger partial charge in [-0.15, -0.1) is 0 Å². The molecular weight excluding hydrogens is 286 g/mol. The van der Waals surface area contributed by atoms with E-state index in [1.54, 1.807) is 0 Å². The highest BCUT2D eigenvalue weighted by Crippen LogP contribution is 2.28. The highest BCUT2D eigenvalue weighted by atomic mass is 35.5. The predicted molar refractivity (Wildman–Crippen MR) is 87.1 cm³/mol. The molecule has 0 radical (unpaired) electrons. The smallest absolute Gasteiger partial charge is 0.142 e. The fraction of sp³-hybridized carbons (Fsp3) is 0.438. The molecule has 0 bridgehead atoms. The highest BCUT2D eigenvalue weighted by molar-refractivity contribution is 6.30. The molecule has 114 valence electrons. The van der Waals surface area contributed by atoms with Crippen LogP contribution in [-0.2, 0) is 13.1 Å². The number of nitrogens with one attached hydrogen (secondary N) is 1. The van der Waals surface area contributed by atoms with E-state index < -0.39 is 0 Å². The minimum absolute atomic E-state index is 0.697. The van der Waals surface area contributed by atoms with Crippen molar-refractivity contribution < 1.29 is 4.74 Å². The molecule has 0 spiro atoms. The Morgan fingerprint density at radius 1 is 1.29 bits per heavy atom. The van der Waals surface area contributed by atoms with E-state index in [1.807, 2.05) is 30.7 Å². The molecule has 1 aromatic heterocycles. The van der Waals surface area contributed by atoms with Crippen LogP contribution in [0.5, 0.6) is 5.75 Å². The van der Waals surface area contributed by atoms with Gasteiger partial charge in [0.2, 0.25) is 0 Å². The number of ether oxygens (including phenoxy) is 1. The number of imidazole rings is 1. The molecule has 0 saturated heterocycles. The van der Waals surface area contributed by atoms with Crippen LogP contribution in [0.15, 0.2) is 30.7 Å². The summed E-state index contributed by atoms with van der Waals surface area (Å²) in [6.07, 6.45) is 5.82. The van der Waals surface area contributed by atoms with E-state index in [-0.39, 0.29) is 0 Å². The van der Waals surface area contributed by atoms with Crippen LogP contribution < -0.4 is 10.1 Å². The molecule has 2 rings (SSSR count). The van der Waals surface area contributed by atoms with Gasteiger partial charge in [-0.05, 0) is 31.0 Å². The molecule has 0 fully saturated rings. The molecule has 5 heteroatoms. The van der Waals surface area contributed by atoms with E-state index >= 15 is 0 Å². The second kappa shape index (κ2) is 7.93. The van der Waals surface area contributed by atoms with Gasteiger partial charge < -0.3 is 14.6 Å². The third-order valence-corrected chi connectivity index (χ3v) is 3.36. The van der Waals surface area contributed by atoms with Crippen LogP contribution >= 0.6 is 11.6 Å². The van der Waals surface area contributed by atoms with Crippen LogP contribution in [0, 0.1) is 0 Å². The lowest BCUT2D eigenvalue weighted by Gasteiger charge is -2.14. The maximum absolute atomic E-state index is 6.08. The van der Waals surface area contributed by atoms with Crippen molar-refractivity contribution in [1.29, 1.82) is 0 Å². The topological polar surface area (TPSA) is 39.1 Å². The Kier molecular flexibility index (Phi) is 5.93. The lowest BCUT2D eigenvalue weighted by Crippen LogP contribution is -2.08. The molecule has 0 aliphatic rings. The molecule has 2 aromatic rings. The summed E-state index contributed by atoms with van der Waals surface area (Å²) in [5.41, 5.74) is 2.07. The van der Waals surface area contributed by atoms with Gasteiger partial charge in [-0.2, -0.15) is 0 Å². The number of halogens is 1. The lowest BCUT2D eigenvalue weighted by molar-refractivity contribution is 0.319. The van der Waals surface area contributed by atoms with E-state index in [4.69, 9.17) is 16.3 Å². The molecule has 0 aliphatic carbocycles. The first-order chi connectivity index (χ1) is 10.2. The molecule has 0 atom stereocenters. The summed E-state index contributed by atoms with van der Waals surface area (Å²) in [6, 6.07) is 5.65. The molecule has 0 aliphatic heterocycles. The lowest BCUT2D eigenvalue weighted by atomic mass is 10.2. The van der Waals surface area contributed by atoms with Crippen LogP contribution in [0.4, 0.5) is 5.69 Å². The Hall–Kier alpha value is -1.68. The Bertz CT molecular complexity index is 568. The average Bonchev–Trinajstić information content (AvgIpc) is 2.92. The zero-order valence-electron chi connectivity index (χ0n) is 12.6. The first-order valence-electron chi connectivity index (χ1n) is 7.39. The summed E-state index contributed by atoms with van der Waals surface area (Å²) in [5, 5.41) is 4.09. The molecule has 4 nitrogen and oxygen atoms in total. The number of aromatic nitrogens is 2. The number of anilines is 1. The Labute approximate surface area is 131 Å². The van der Waals surface area contributed by atoms with E-state index in [0.29, 0.717) is 18.2 Å². The van der Waals surface area contributed by atoms with E-state index in [9.17, 15) is 0 Å². The quantitative estimate of drug-likeness (QED) is 0.788. The highest BCUT2D eigenvalue weighted by Gasteiger charge is 2.06. The molecule has 0 unspecified atom stereocenters. The van der Waals surface area contributed by atoms with Gasteiger partial charge in [0.15, 0.2) is 0 Å². The number of benzene rings is 1. The maximum atomic E-state index is 6.08. The van der Waals surface area contributed by atoms with Gasteiger partial charge in [0.25, 0.3) is 0 Å². The number of rotatable bonds is 8. The predicted octanol–water partition coefficient (Wildman–Crippen LogP) is 4.35. The fourth-order valence-corrected chi connectivity index (χ4v) is 2.27.